The number of aliphatic hydroxyl groups is 1. The maximum absolute atomic E-state index is 9.41. The van der Waals surface area contributed by atoms with Crippen LogP contribution in [0.2, 0.25) is 0 Å². The second-order valence-corrected chi connectivity index (χ2v) is 5.28. The molecule has 3 unspecified atom stereocenters. The lowest BCUT2D eigenvalue weighted by molar-refractivity contribution is 0.126. The van der Waals surface area contributed by atoms with Crippen molar-refractivity contribution >= 4 is 0 Å². The third-order valence-corrected chi connectivity index (χ3v) is 4.10. The normalized spacial score (nSPS) is 31.2. The van der Waals surface area contributed by atoms with Gasteiger partial charge >= 0.3 is 0 Å². The molecule has 0 spiro atoms. The van der Waals surface area contributed by atoms with Crippen LogP contribution in [0.3, 0.4) is 0 Å². The van der Waals surface area contributed by atoms with Crippen LogP contribution in [0.25, 0.3) is 0 Å². The molecule has 0 saturated heterocycles. The fraction of sp³-hybridized carbons (Fsp3) is 1.00. The molecule has 1 aliphatic rings. The summed E-state index contributed by atoms with van der Waals surface area (Å²) in [6.45, 7) is 6.81. The van der Waals surface area contributed by atoms with Crippen molar-refractivity contribution in [2.24, 2.45) is 5.92 Å². The molecule has 0 aromatic rings. The van der Waals surface area contributed by atoms with Gasteiger partial charge in [-0.15, -0.1) is 0 Å². The molecule has 0 bridgehead atoms. The summed E-state index contributed by atoms with van der Waals surface area (Å²) in [4.78, 5) is 0. The van der Waals surface area contributed by atoms with Crippen molar-refractivity contribution in [3.8, 4) is 0 Å². The zero-order valence-electron chi connectivity index (χ0n) is 10.6. The maximum Gasteiger partial charge on any atom is 0.0610 e. The zero-order chi connectivity index (χ0) is 11.3. The van der Waals surface area contributed by atoms with Gasteiger partial charge in [-0.2, -0.15) is 0 Å². The molecule has 0 heterocycles. The van der Waals surface area contributed by atoms with Crippen molar-refractivity contribution in [2.75, 3.05) is 6.61 Å². The first kappa shape index (κ1) is 13.0. The van der Waals surface area contributed by atoms with E-state index in [4.69, 9.17) is 0 Å². The van der Waals surface area contributed by atoms with Gasteiger partial charge in [0.2, 0.25) is 0 Å². The number of nitrogens with one attached hydrogen (secondary N) is 1. The minimum atomic E-state index is -0.0740. The first-order valence-corrected chi connectivity index (χ1v) is 6.53. The van der Waals surface area contributed by atoms with E-state index < -0.39 is 0 Å². The van der Waals surface area contributed by atoms with Crippen molar-refractivity contribution in [2.45, 2.75) is 70.9 Å². The molecule has 2 N–H and O–H groups in total. The highest BCUT2D eigenvalue weighted by Crippen LogP contribution is 2.28. The topological polar surface area (TPSA) is 32.3 Å². The van der Waals surface area contributed by atoms with Crippen LogP contribution in [-0.2, 0) is 0 Å². The van der Waals surface area contributed by atoms with Crippen LogP contribution < -0.4 is 5.32 Å². The minimum absolute atomic E-state index is 0.0740. The molecule has 1 saturated carbocycles. The van der Waals surface area contributed by atoms with E-state index in [1.807, 2.05) is 0 Å². The van der Waals surface area contributed by atoms with Gasteiger partial charge in [0.25, 0.3) is 0 Å². The molecule has 1 rings (SSSR count). The second-order valence-electron chi connectivity index (χ2n) is 5.28. The summed E-state index contributed by atoms with van der Waals surface area (Å²) >= 11 is 0. The Labute approximate surface area is 94.5 Å². The van der Waals surface area contributed by atoms with Gasteiger partial charge in [-0.25, -0.2) is 0 Å². The van der Waals surface area contributed by atoms with Gasteiger partial charge in [-0.3, -0.25) is 0 Å². The molecule has 0 aromatic carbocycles. The molecule has 0 aliphatic heterocycles. The molecule has 0 radical (unpaired) electrons. The quantitative estimate of drug-likeness (QED) is 0.736. The smallest absolute Gasteiger partial charge is 0.0610 e. The van der Waals surface area contributed by atoms with E-state index in [1.54, 1.807) is 0 Å². The van der Waals surface area contributed by atoms with Crippen LogP contribution in [0.4, 0.5) is 0 Å². The Balaban J connectivity index is 2.53. The average Bonchev–Trinajstić information content (AvgIpc) is 2.29. The molecule has 2 heteroatoms. The van der Waals surface area contributed by atoms with E-state index in [1.165, 1.54) is 32.1 Å². The van der Waals surface area contributed by atoms with Crippen molar-refractivity contribution in [1.82, 2.24) is 5.32 Å². The Morgan fingerprint density at radius 1 is 1.27 bits per heavy atom. The first-order chi connectivity index (χ1) is 7.15. The summed E-state index contributed by atoms with van der Waals surface area (Å²) in [7, 11) is 0. The Morgan fingerprint density at radius 2 is 1.93 bits per heavy atom. The number of rotatable bonds is 5. The van der Waals surface area contributed by atoms with Crippen molar-refractivity contribution < 1.29 is 5.11 Å². The van der Waals surface area contributed by atoms with Gasteiger partial charge < -0.3 is 10.4 Å². The highest BCUT2D eigenvalue weighted by molar-refractivity contribution is 4.89. The lowest BCUT2D eigenvalue weighted by Crippen LogP contribution is -2.53. The summed E-state index contributed by atoms with van der Waals surface area (Å²) in [5.41, 5.74) is -0.0740. The third-order valence-electron chi connectivity index (χ3n) is 4.10. The largest absolute Gasteiger partial charge is 0.394 e. The van der Waals surface area contributed by atoms with E-state index in [0.29, 0.717) is 6.04 Å². The van der Waals surface area contributed by atoms with Crippen molar-refractivity contribution in [1.29, 1.82) is 0 Å². The summed E-state index contributed by atoms with van der Waals surface area (Å²) in [6, 6.07) is 0.626. The number of hydrogen-bond donors (Lipinski definition) is 2. The van der Waals surface area contributed by atoms with Crippen LogP contribution in [0, 0.1) is 5.92 Å². The van der Waals surface area contributed by atoms with Crippen LogP contribution in [0.5, 0.6) is 0 Å². The van der Waals surface area contributed by atoms with Gasteiger partial charge in [0.15, 0.2) is 0 Å². The molecule has 1 fully saturated rings. The van der Waals surface area contributed by atoms with Gasteiger partial charge in [-0.05, 0) is 32.1 Å². The fourth-order valence-electron chi connectivity index (χ4n) is 2.59. The van der Waals surface area contributed by atoms with Gasteiger partial charge in [0.05, 0.1) is 6.61 Å². The lowest BCUT2D eigenvalue weighted by Gasteiger charge is -2.39. The summed E-state index contributed by atoms with van der Waals surface area (Å²) in [5, 5.41) is 13.1. The predicted octanol–water partition coefficient (Wildman–Crippen LogP) is 2.71. The van der Waals surface area contributed by atoms with E-state index >= 15 is 0 Å². The molecule has 1 aliphatic carbocycles. The Hall–Kier alpha value is -0.0800. The van der Waals surface area contributed by atoms with Crippen molar-refractivity contribution in [3.63, 3.8) is 0 Å². The van der Waals surface area contributed by atoms with Gasteiger partial charge in [0, 0.05) is 11.6 Å². The number of aliphatic hydroxyl groups excluding tert-OH is 1. The van der Waals surface area contributed by atoms with Crippen LogP contribution in [0.15, 0.2) is 0 Å². The second kappa shape index (κ2) is 5.86. The van der Waals surface area contributed by atoms with E-state index in [0.717, 1.165) is 12.3 Å². The van der Waals surface area contributed by atoms with E-state index in [2.05, 4.69) is 26.1 Å². The standard InChI is InChI=1S/C13H27NO/c1-4-11-8-6-7-9-12(11)14-13(3,5-2)10-15/h11-12,14-15H,4-10H2,1-3H3. The van der Waals surface area contributed by atoms with E-state index in [-0.39, 0.29) is 12.1 Å². The molecule has 2 nitrogen and oxygen atoms in total. The van der Waals surface area contributed by atoms with Crippen LogP contribution in [-0.4, -0.2) is 23.3 Å². The molecule has 15 heavy (non-hydrogen) atoms. The van der Waals surface area contributed by atoms with Crippen LogP contribution in [0.1, 0.15) is 59.3 Å². The highest BCUT2D eigenvalue weighted by atomic mass is 16.3. The molecule has 0 amide bonds. The van der Waals surface area contributed by atoms with Gasteiger partial charge in [0.1, 0.15) is 0 Å². The molecule has 0 aromatic heterocycles. The third kappa shape index (κ3) is 3.46. The number of hydrogen-bond acceptors (Lipinski definition) is 2. The zero-order valence-corrected chi connectivity index (χ0v) is 10.6. The molecular weight excluding hydrogens is 186 g/mol. The SMILES string of the molecule is CCC1CCCCC1NC(C)(CC)CO. The summed E-state index contributed by atoms with van der Waals surface area (Å²) < 4.78 is 0. The first-order valence-electron chi connectivity index (χ1n) is 6.53. The average molecular weight is 213 g/mol. The summed E-state index contributed by atoms with van der Waals surface area (Å²) in [6.07, 6.45) is 7.64. The monoisotopic (exact) mass is 213 g/mol. The highest BCUT2D eigenvalue weighted by Gasteiger charge is 2.30. The molecular formula is C13H27NO. The summed E-state index contributed by atoms with van der Waals surface area (Å²) in [5.74, 6) is 0.816. The Bertz CT molecular complexity index is 177. The van der Waals surface area contributed by atoms with Crippen LogP contribution >= 0.6 is 0 Å². The van der Waals surface area contributed by atoms with Crippen molar-refractivity contribution in [3.05, 3.63) is 0 Å². The fourth-order valence-corrected chi connectivity index (χ4v) is 2.59. The predicted molar refractivity (Wildman–Crippen MR) is 65.0 cm³/mol. The maximum atomic E-state index is 9.41. The van der Waals surface area contributed by atoms with Gasteiger partial charge in [-0.1, -0.05) is 33.1 Å². The van der Waals surface area contributed by atoms with E-state index in [9.17, 15) is 5.11 Å². The Kier molecular flexibility index (Phi) is 5.07. The minimum Gasteiger partial charge on any atom is -0.394 e. The molecule has 90 valence electrons. The molecule has 3 atom stereocenters. The Morgan fingerprint density at radius 3 is 2.47 bits per heavy atom. The lowest BCUT2D eigenvalue weighted by atomic mass is 9.81.